The molecule has 3 aliphatic rings. The van der Waals surface area contributed by atoms with Gasteiger partial charge in [-0.25, -0.2) is 9.97 Å². The van der Waals surface area contributed by atoms with E-state index in [2.05, 4.69) is 26.8 Å². The number of likely N-dealkylation sites (tertiary alicyclic amines) is 2. The third-order valence-electron chi connectivity index (χ3n) is 6.92. The molecule has 1 spiro atoms. The monoisotopic (exact) mass is 411 g/mol. The lowest BCUT2D eigenvalue weighted by atomic mass is 9.67. The number of hydrogen-bond acceptors (Lipinski definition) is 6. The van der Waals surface area contributed by atoms with E-state index in [0.717, 1.165) is 44.2 Å². The van der Waals surface area contributed by atoms with E-state index in [0.29, 0.717) is 24.7 Å². The number of nitrogens with zero attached hydrogens (tertiary/aromatic N) is 5. The van der Waals surface area contributed by atoms with Crippen LogP contribution >= 0.6 is 11.3 Å². The molecule has 0 bridgehead atoms. The molecule has 1 aliphatic carbocycles. The van der Waals surface area contributed by atoms with Crippen LogP contribution in [-0.4, -0.2) is 55.7 Å². The molecule has 1 saturated carbocycles. The lowest BCUT2D eigenvalue weighted by Crippen LogP contribution is -2.66. The van der Waals surface area contributed by atoms with Crippen LogP contribution in [-0.2, 0) is 4.79 Å². The van der Waals surface area contributed by atoms with E-state index in [-0.39, 0.29) is 23.4 Å². The minimum absolute atomic E-state index is 0.0754. The van der Waals surface area contributed by atoms with Gasteiger partial charge in [-0.1, -0.05) is 12.8 Å². The summed E-state index contributed by atoms with van der Waals surface area (Å²) in [4.78, 5) is 43.8. The lowest BCUT2D eigenvalue weighted by molar-refractivity contribution is -0.180. The topological polar surface area (TPSA) is 79.3 Å². The first-order chi connectivity index (χ1) is 14.1. The summed E-state index contributed by atoms with van der Waals surface area (Å²) in [5.74, 6) is 0.250. The zero-order chi connectivity index (χ0) is 20.0. The van der Waals surface area contributed by atoms with Crippen LogP contribution < -0.4 is 0 Å². The van der Waals surface area contributed by atoms with Gasteiger partial charge in [0.05, 0.1) is 33.7 Å². The Bertz CT molecular complexity index is 916. The van der Waals surface area contributed by atoms with Gasteiger partial charge >= 0.3 is 0 Å². The molecule has 2 aliphatic heterocycles. The van der Waals surface area contributed by atoms with Crippen molar-refractivity contribution >= 4 is 23.2 Å². The van der Waals surface area contributed by atoms with Gasteiger partial charge in [-0.05, 0) is 32.6 Å². The highest BCUT2D eigenvalue weighted by molar-refractivity contribution is 7.09. The Morgan fingerprint density at radius 1 is 1.17 bits per heavy atom. The number of hydrogen-bond donors (Lipinski definition) is 0. The second kappa shape index (κ2) is 7.16. The van der Waals surface area contributed by atoms with Gasteiger partial charge < -0.3 is 9.80 Å². The van der Waals surface area contributed by atoms with Crippen molar-refractivity contribution in [2.75, 3.05) is 13.1 Å². The van der Waals surface area contributed by atoms with Gasteiger partial charge in [-0.15, -0.1) is 11.3 Å². The Hall–Kier alpha value is -2.35. The van der Waals surface area contributed by atoms with Crippen LogP contribution in [0.2, 0.25) is 0 Å². The first-order valence-electron chi connectivity index (χ1n) is 10.4. The Morgan fingerprint density at radius 2 is 1.93 bits per heavy atom. The van der Waals surface area contributed by atoms with E-state index >= 15 is 0 Å². The predicted octanol–water partition coefficient (Wildman–Crippen LogP) is 2.99. The molecule has 8 heteroatoms. The van der Waals surface area contributed by atoms with Crippen molar-refractivity contribution in [2.45, 2.75) is 57.5 Å². The zero-order valence-corrected chi connectivity index (χ0v) is 17.4. The highest BCUT2D eigenvalue weighted by Gasteiger charge is 2.64. The van der Waals surface area contributed by atoms with Crippen molar-refractivity contribution in [3.8, 4) is 0 Å². The molecule has 7 nitrogen and oxygen atoms in total. The largest absolute Gasteiger partial charge is 0.337 e. The fourth-order valence-electron chi connectivity index (χ4n) is 5.43. The molecule has 0 radical (unpaired) electrons. The average molecular weight is 412 g/mol. The summed E-state index contributed by atoms with van der Waals surface area (Å²) in [5.41, 5.74) is 3.13. The lowest BCUT2D eigenvalue weighted by Gasteiger charge is -2.58. The SMILES string of the molecule is Cc1ncsc1C1N(C2CCN(C(=O)c3cnccn3)CC2)C(=O)C12CCCC2. The van der Waals surface area contributed by atoms with E-state index < -0.39 is 0 Å². The van der Waals surface area contributed by atoms with Crippen LogP contribution in [0.4, 0.5) is 0 Å². The summed E-state index contributed by atoms with van der Waals surface area (Å²) >= 11 is 1.68. The third-order valence-corrected chi connectivity index (χ3v) is 7.90. The summed E-state index contributed by atoms with van der Waals surface area (Å²) in [6.07, 6.45) is 10.5. The standard InChI is InChI=1S/C21H25N5O2S/c1-14-17(29-13-24-14)18-21(6-2-3-7-21)20(28)26(18)15-4-10-25(11-5-15)19(27)16-12-22-8-9-23-16/h8-9,12-13,15,18H,2-7,10-11H2,1H3. The molecule has 2 aromatic heterocycles. The van der Waals surface area contributed by atoms with Gasteiger partial charge in [-0.2, -0.15) is 0 Å². The third kappa shape index (κ3) is 2.87. The van der Waals surface area contributed by atoms with Crippen molar-refractivity contribution in [1.82, 2.24) is 24.8 Å². The van der Waals surface area contributed by atoms with Crippen LogP contribution in [0.25, 0.3) is 0 Å². The van der Waals surface area contributed by atoms with E-state index in [1.165, 1.54) is 11.1 Å². The molecule has 4 heterocycles. The predicted molar refractivity (Wildman–Crippen MR) is 108 cm³/mol. The molecule has 2 aromatic rings. The van der Waals surface area contributed by atoms with E-state index in [4.69, 9.17) is 0 Å². The molecule has 5 rings (SSSR count). The first-order valence-corrected chi connectivity index (χ1v) is 11.3. The Kier molecular flexibility index (Phi) is 4.61. The smallest absolute Gasteiger partial charge is 0.274 e. The number of amides is 2. The van der Waals surface area contributed by atoms with E-state index in [1.807, 2.05) is 10.4 Å². The Morgan fingerprint density at radius 3 is 2.55 bits per heavy atom. The van der Waals surface area contributed by atoms with Crippen LogP contribution in [0.1, 0.15) is 65.6 Å². The molecule has 2 saturated heterocycles. The number of thiazole rings is 1. The summed E-state index contributed by atoms with van der Waals surface area (Å²) in [6.45, 7) is 3.34. The molecular formula is C21H25N5O2S. The maximum atomic E-state index is 13.4. The van der Waals surface area contributed by atoms with E-state index in [9.17, 15) is 9.59 Å². The molecule has 29 heavy (non-hydrogen) atoms. The number of rotatable bonds is 3. The molecule has 2 amide bonds. The number of β-lactam (4-membered cyclic amide) rings is 1. The maximum Gasteiger partial charge on any atom is 0.274 e. The molecule has 0 aromatic carbocycles. The normalized spacial score (nSPS) is 24.2. The highest BCUT2D eigenvalue weighted by Crippen LogP contribution is 2.61. The number of carbonyl (C=O) groups is 2. The zero-order valence-electron chi connectivity index (χ0n) is 16.6. The van der Waals surface area contributed by atoms with Crippen LogP contribution in [0.15, 0.2) is 24.1 Å². The molecule has 3 fully saturated rings. The minimum atomic E-state index is -0.204. The quantitative estimate of drug-likeness (QED) is 0.726. The van der Waals surface area contributed by atoms with Gasteiger partial charge in [0.15, 0.2) is 0 Å². The first kappa shape index (κ1) is 18.7. The van der Waals surface area contributed by atoms with Crippen molar-refractivity contribution < 1.29 is 9.59 Å². The molecule has 1 unspecified atom stereocenters. The number of carbonyl (C=O) groups excluding carboxylic acids is 2. The highest BCUT2D eigenvalue weighted by atomic mass is 32.1. The van der Waals surface area contributed by atoms with E-state index in [1.54, 1.807) is 23.7 Å². The number of piperidine rings is 1. The molecule has 1 atom stereocenters. The second-order valence-corrected chi connectivity index (χ2v) is 9.28. The van der Waals surface area contributed by atoms with Crippen molar-refractivity contribution in [3.05, 3.63) is 40.4 Å². The van der Waals surface area contributed by atoms with Crippen LogP contribution in [0, 0.1) is 12.3 Å². The summed E-state index contributed by atoms with van der Waals surface area (Å²) in [7, 11) is 0. The van der Waals surface area contributed by atoms with Crippen LogP contribution in [0.5, 0.6) is 0 Å². The summed E-state index contributed by atoms with van der Waals surface area (Å²) in [5, 5.41) is 0. The maximum absolute atomic E-state index is 13.4. The molecule has 152 valence electrons. The number of aromatic nitrogens is 3. The van der Waals surface area contributed by atoms with Gasteiger partial charge in [0, 0.05) is 31.5 Å². The molecule has 0 N–H and O–H groups in total. The fraction of sp³-hybridized carbons (Fsp3) is 0.571. The van der Waals surface area contributed by atoms with Crippen LogP contribution in [0.3, 0.4) is 0 Å². The van der Waals surface area contributed by atoms with Crippen molar-refractivity contribution in [3.63, 3.8) is 0 Å². The van der Waals surface area contributed by atoms with Gasteiger partial charge in [0.25, 0.3) is 5.91 Å². The van der Waals surface area contributed by atoms with Gasteiger partial charge in [0.1, 0.15) is 5.69 Å². The second-order valence-electron chi connectivity index (χ2n) is 8.39. The van der Waals surface area contributed by atoms with Crippen molar-refractivity contribution in [1.29, 1.82) is 0 Å². The molecular weight excluding hydrogens is 386 g/mol. The van der Waals surface area contributed by atoms with Gasteiger partial charge in [-0.3, -0.25) is 14.6 Å². The Balaban J connectivity index is 1.33. The van der Waals surface area contributed by atoms with Crippen molar-refractivity contribution in [2.24, 2.45) is 5.41 Å². The fourth-order valence-corrected chi connectivity index (χ4v) is 6.45. The number of aryl methyl sites for hydroxylation is 1. The minimum Gasteiger partial charge on any atom is -0.337 e. The summed E-state index contributed by atoms with van der Waals surface area (Å²) in [6, 6.07) is 0.350. The van der Waals surface area contributed by atoms with Gasteiger partial charge in [0.2, 0.25) is 5.91 Å². The summed E-state index contributed by atoms with van der Waals surface area (Å²) < 4.78 is 0. The average Bonchev–Trinajstić information content (AvgIpc) is 3.43. The Labute approximate surface area is 174 Å².